The summed E-state index contributed by atoms with van der Waals surface area (Å²) in [5.41, 5.74) is 13.7. The maximum Gasteiger partial charge on any atom is 0.267 e. The van der Waals surface area contributed by atoms with E-state index in [-0.39, 0.29) is 17.2 Å². The summed E-state index contributed by atoms with van der Waals surface area (Å²) >= 11 is 0. The molecule has 2 aromatic carbocycles. The summed E-state index contributed by atoms with van der Waals surface area (Å²) in [6.45, 7) is 0. The number of hydrogen-bond donors (Lipinski definition) is 2. The quantitative estimate of drug-likeness (QED) is 0.215. The first-order valence-corrected chi connectivity index (χ1v) is 10.2. The van der Waals surface area contributed by atoms with Crippen molar-refractivity contribution in [2.75, 3.05) is 14.2 Å². The molecule has 9 nitrogen and oxygen atoms in total. The van der Waals surface area contributed by atoms with Gasteiger partial charge in [-0.2, -0.15) is 4.98 Å². The molecule has 1 aliphatic rings. The van der Waals surface area contributed by atoms with E-state index < -0.39 is 0 Å². The second-order valence-electron chi connectivity index (χ2n) is 7.68. The minimum absolute atomic E-state index is 0.208. The van der Waals surface area contributed by atoms with Crippen LogP contribution in [0.25, 0.3) is 27.6 Å². The highest BCUT2D eigenvalue weighted by Gasteiger charge is 2.24. The number of hydrogen-bond acceptors (Lipinski definition) is 7. The van der Waals surface area contributed by atoms with Crippen LogP contribution in [-0.2, 0) is 0 Å². The number of benzene rings is 2. The zero-order valence-electron chi connectivity index (χ0n) is 17.7. The van der Waals surface area contributed by atoms with Gasteiger partial charge in [0.1, 0.15) is 5.84 Å². The predicted molar refractivity (Wildman–Crippen MR) is 124 cm³/mol. The van der Waals surface area contributed by atoms with Gasteiger partial charge in [-0.3, -0.25) is 4.79 Å². The molecule has 0 bridgehead atoms. The zero-order chi connectivity index (χ0) is 22.4. The van der Waals surface area contributed by atoms with Gasteiger partial charge >= 0.3 is 0 Å². The van der Waals surface area contributed by atoms with Crippen LogP contribution in [0, 0.1) is 5.92 Å². The highest BCUT2D eigenvalue weighted by Crippen LogP contribution is 2.34. The summed E-state index contributed by atoms with van der Waals surface area (Å²) in [5, 5.41) is 1.06. The van der Waals surface area contributed by atoms with Crippen molar-refractivity contribution in [1.29, 1.82) is 0 Å². The van der Waals surface area contributed by atoms with Crippen LogP contribution in [0.4, 0.5) is 5.82 Å². The molecule has 2 heterocycles. The number of aliphatic imine (C=N–C) groups is 1. The number of methoxy groups -OCH3 is 2. The van der Waals surface area contributed by atoms with E-state index in [0.29, 0.717) is 45.0 Å². The Balaban J connectivity index is 1.80. The highest BCUT2D eigenvalue weighted by atomic mass is 16.5. The lowest BCUT2D eigenvalue weighted by molar-refractivity contribution is 0.355. The first-order valence-electron chi connectivity index (χ1n) is 10.2. The lowest BCUT2D eigenvalue weighted by Gasteiger charge is -2.11. The second-order valence-corrected chi connectivity index (χ2v) is 7.68. The summed E-state index contributed by atoms with van der Waals surface area (Å²) in [6.07, 6.45) is 3.82. The third-order valence-electron chi connectivity index (χ3n) is 5.55. The molecule has 0 atom stereocenters. The van der Waals surface area contributed by atoms with Gasteiger partial charge in [0.05, 0.1) is 30.6 Å². The SMILES string of the molecule is COc1cc2nc3nc(N=C(N)C=C(N)C4CC4)c4ccccc4n3c(=O)c2cc1OC. The van der Waals surface area contributed by atoms with Gasteiger partial charge in [-0.15, -0.1) is 0 Å². The molecule has 0 amide bonds. The molecule has 0 aliphatic heterocycles. The largest absolute Gasteiger partial charge is 0.493 e. The standard InChI is InChI=1S/C23H22N6O3/c1-31-18-9-14-16(11-19(18)32-2)26-23-28-21(27-20(25)10-15(24)12-7-8-12)13-5-3-4-6-17(13)29(23)22(14)30/h3-6,9-12H,7-8,24H2,1-2H3,(H2,25,26,27,28). The Kier molecular flexibility index (Phi) is 4.66. The lowest BCUT2D eigenvalue weighted by atomic mass is 10.2. The van der Waals surface area contributed by atoms with Gasteiger partial charge in [-0.05, 0) is 43.0 Å². The molecule has 9 heteroatoms. The van der Waals surface area contributed by atoms with Crippen molar-refractivity contribution in [2.45, 2.75) is 12.8 Å². The van der Waals surface area contributed by atoms with Gasteiger partial charge in [-0.1, -0.05) is 12.1 Å². The van der Waals surface area contributed by atoms with Crippen LogP contribution < -0.4 is 26.5 Å². The number of rotatable bonds is 5. The monoisotopic (exact) mass is 430 g/mol. The van der Waals surface area contributed by atoms with Crippen LogP contribution in [0.3, 0.4) is 0 Å². The summed E-state index contributed by atoms with van der Waals surface area (Å²) in [5.74, 6) is 2.13. The topological polar surface area (TPSA) is 130 Å². The number of para-hydroxylation sites is 1. The van der Waals surface area contributed by atoms with E-state index in [2.05, 4.69) is 15.0 Å². The summed E-state index contributed by atoms with van der Waals surface area (Å²) in [7, 11) is 3.05. The van der Waals surface area contributed by atoms with Crippen LogP contribution in [0.2, 0.25) is 0 Å². The maximum atomic E-state index is 13.4. The molecule has 32 heavy (non-hydrogen) atoms. The fraction of sp³-hybridized carbons (Fsp3) is 0.217. The average Bonchev–Trinajstić information content (AvgIpc) is 3.64. The van der Waals surface area contributed by atoms with Crippen molar-refractivity contribution >= 4 is 39.2 Å². The molecule has 0 saturated heterocycles. The number of aromatic nitrogens is 3. The summed E-state index contributed by atoms with van der Waals surface area (Å²) in [4.78, 5) is 27.1. The van der Waals surface area contributed by atoms with Crippen LogP contribution in [0.1, 0.15) is 12.8 Å². The van der Waals surface area contributed by atoms with E-state index >= 15 is 0 Å². The Hall–Kier alpha value is -4.14. The number of amidine groups is 1. The van der Waals surface area contributed by atoms with E-state index in [1.165, 1.54) is 18.6 Å². The van der Waals surface area contributed by atoms with Crippen LogP contribution >= 0.6 is 0 Å². The van der Waals surface area contributed by atoms with Crippen molar-refractivity contribution in [3.63, 3.8) is 0 Å². The molecule has 0 radical (unpaired) electrons. The van der Waals surface area contributed by atoms with Crippen molar-refractivity contribution in [3.8, 4) is 11.5 Å². The predicted octanol–water partition coefficient (Wildman–Crippen LogP) is 2.65. The van der Waals surface area contributed by atoms with E-state index in [4.69, 9.17) is 20.9 Å². The molecule has 4 N–H and O–H groups in total. The lowest BCUT2D eigenvalue weighted by Crippen LogP contribution is -2.18. The van der Waals surface area contributed by atoms with Gasteiger partial charge in [-0.25, -0.2) is 14.4 Å². The fourth-order valence-corrected chi connectivity index (χ4v) is 3.75. The molecular weight excluding hydrogens is 408 g/mol. The molecule has 1 saturated carbocycles. The molecule has 1 fully saturated rings. The maximum absolute atomic E-state index is 13.4. The number of ether oxygens (including phenoxy) is 2. The molecule has 0 spiro atoms. The van der Waals surface area contributed by atoms with E-state index in [1.807, 2.05) is 24.3 Å². The van der Waals surface area contributed by atoms with Gasteiger partial charge in [0.25, 0.3) is 5.56 Å². The van der Waals surface area contributed by atoms with Crippen molar-refractivity contribution in [3.05, 3.63) is 58.5 Å². The minimum Gasteiger partial charge on any atom is -0.493 e. The van der Waals surface area contributed by atoms with Crippen molar-refractivity contribution < 1.29 is 9.47 Å². The first kappa shape index (κ1) is 19.8. The third-order valence-corrected chi connectivity index (χ3v) is 5.55. The third kappa shape index (κ3) is 3.27. The average molecular weight is 430 g/mol. The Morgan fingerprint density at radius 1 is 1.09 bits per heavy atom. The Morgan fingerprint density at radius 2 is 1.81 bits per heavy atom. The van der Waals surface area contributed by atoms with E-state index in [1.54, 1.807) is 18.2 Å². The molecule has 2 aromatic heterocycles. The Labute approximate surface area is 183 Å². The fourth-order valence-electron chi connectivity index (χ4n) is 3.75. The van der Waals surface area contributed by atoms with Gasteiger partial charge in [0, 0.05) is 17.1 Å². The Morgan fingerprint density at radius 3 is 2.53 bits per heavy atom. The molecular formula is C23H22N6O3. The van der Waals surface area contributed by atoms with Crippen molar-refractivity contribution in [1.82, 2.24) is 14.4 Å². The van der Waals surface area contributed by atoms with Crippen LogP contribution in [-0.4, -0.2) is 34.4 Å². The molecule has 4 aromatic rings. The summed E-state index contributed by atoms with van der Waals surface area (Å²) < 4.78 is 12.2. The van der Waals surface area contributed by atoms with Gasteiger partial charge in [0.2, 0.25) is 5.78 Å². The van der Waals surface area contributed by atoms with Crippen LogP contribution in [0.15, 0.2) is 58.0 Å². The molecule has 0 unspecified atom stereocenters. The zero-order valence-corrected chi connectivity index (χ0v) is 17.7. The smallest absolute Gasteiger partial charge is 0.267 e. The molecule has 162 valence electrons. The number of nitrogens with two attached hydrogens (primary N) is 2. The second kappa shape index (κ2) is 7.52. The minimum atomic E-state index is -0.268. The van der Waals surface area contributed by atoms with Gasteiger partial charge in [0.15, 0.2) is 17.3 Å². The van der Waals surface area contributed by atoms with E-state index in [9.17, 15) is 4.79 Å². The number of nitrogens with zero attached hydrogens (tertiary/aromatic N) is 4. The molecule has 5 rings (SSSR count). The Bertz CT molecular complexity index is 1500. The summed E-state index contributed by atoms with van der Waals surface area (Å²) in [6, 6.07) is 10.6. The normalized spacial score (nSPS) is 14.9. The van der Waals surface area contributed by atoms with Crippen LogP contribution in [0.5, 0.6) is 11.5 Å². The van der Waals surface area contributed by atoms with Crippen molar-refractivity contribution in [2.24, 2.45) is 22.4 Å². The van der Waals surface area contributed by atoms with Gasteiger partial charge < -0.3 is 20.9 Å². The number of fused-ring (bicyclic) bond motifs is 4. The molecule has 1 aliphatic carbocycles. The van der Waals surface area contributed by atoms with E-state index in [0.717, 1.165) is 18.5 Å². The highest BCUT2D eigenvalue weighted by molar-refractivity contribution is 5.98. The first-order chi connectivity index (χ1) is 15.5. The number of allylic oxidation sites excluding steroid dienone is 1.